The number of guanidine groups is 1. The highest BCUT2D eigenvalue weighted by molar-refractivity contribution is 5.94. The number of nitrogens with one attached hydrogen (secondary N) is 2. The lowest BCUT2D eigenvalue weighted by molar-refractivity contribution is -0.118. The number of aryl methyl sites for hydroxylation is 1. The van der Waals surface area contributed by atoms with Crippen molar-refractivity contribution >= 4 is 34.5 Å². The van der Waals surface area contributed by atoms with E-state index in [0.717, 1.165) is 27.8 Å². The average molecular weight is 426 g/mol. The number of rotatable bonds is 5. The molecule has 160 valence electrons. The van der Waals surface area contributed by atoms with E-state index in [4.69, 9.17) is 10.5 Å². The molecule has 0 saturated heterocycles. The molecule has 8 nitrogen and oxygen atoms in total. The standard InChI is InChI=1S/C24H22N6O2/c1-15-6-10-17(11-7-15)26-21(31)14-32-18-12-8-16(9-13-18)22-28-23(25)29-24-27-19-4-2-3-5-20(19)30(22)24/h2-13,22H,14H2,1H3,(H,26,31)(H3,25,27,28,29). The summed E-state index contributed by atoms with van der Waals surface area (Å²) >= 11 is 0. The molecule has 1 aliphatic heterocycles. The second kappa shape index (κ2) is 8.07. The van der Waals surface area contributed by atoms with Gasteiger partial charge in [-0.1, -0.05) is 42.0 Å². The normalized spacial score (nSPS) is 14.9. The number of fused-ring (bicyclic) bond motifs is 3. The van der Waals surface area contributed by atoms with Crippen molar-refractivity contribution in [1.29, 1.82) is 0 Å². The number of benzene rings is 3. The molecule has 0 spiro atoms. The van der Waals surface area contributed by atoms with E-state index in [9.17, 15) is 4.79 Å². The van der Waals surface area contributed by atoms with Crippen molar-refractivity contribution in [2.24, 2.45) is 10.7 Å². The minimum Gasteiger partial charge on any atom is -0.484 e. The lowest BCUT2D eigenvalue weighted by atomic mass is 10.1. The first-order chi connectivity index (χ1) is 15.6. The second-order valence-corrected chi connectivity index (χ2v) is 7.58. The van der Waals surface area contributed by atoms with Gasteiger partial charge < -0.3 is 15.8 Å². The first kappa shape index (κ1) is 19.6. The zero-order valence-electron chi connectivity index (χ0n) is 17.4. The summed E-state index contributed by atoms with van der Waals surface area (Å²) in [6, 6.07) is 23.0. The van der Waals surface area contributed by atoms with Crippen LogP contribution in [-0.2, 0) is 4.79 Å². The molecular formula is C24H22N6O2. The summed E-state index contributed by atoms with van der Waals surface area (Å²) in [5.74, 6) is 1.33. The number of nitrogens with zero attached hydrogens (tertiary/aromatic N) is 3. The van der Waals surface area contributed by atoms with E-state index in [1.807, 2.05) is 84.3 Å². The number of carbonyl (C=O) groups excluding carboxylic acids is 1. The molecule has 8 heteroatoms. The Hall–Kier alpha value is -4.33. The summed E-state index contributed by atoms with van der Waals surface area (Å²) in [5, 5.41) is 5.85. The molecule has 1 amide bonds. The van der Waals surface area contributed by atoms with Gasteiger partial charge in [0.1, 0.15) is 5.75 Å². The van der Waals surface area contributed by atoms with Gasteiger partial charge in [-0.2, -0.15) is 0 Å². The summed E-state index contributed by atoms with van der Waals surface area (Å²) in [7, 11) is 0. The molecule has 0 radical (unpaired) electrons. The van der Waals surface area contributed by atoms with Gasteiger partial charge in [-0.25, -0.2) is 9.98 Å². The number of anilines is 2. The number of ether oxygens (including phenoxy) is 1. The number of aromatic nitrogens is 2. The fraction of sp³-hybridized carbons (Fsp3) is 0.125. The van der Waals surface area contributed by atoms with Gasteiger partial charge in [0, 0.05) is 5.69 Å². The number of hydrogen-bond acceptors (Lipinski definition) is 6. The van der Waals surface area contributed by atoms with Crippen LogP contribution in [0, 0.1) is 6.92 Å². The van der Waals surface area contributed by atoms with Crippen molar-refractivity contribution < 1.29 is 9.53 Å². The zero-order valence-corrected chi connectivity index (χ0v) is 17.4. The molecule has 0 bridgehead atoms. The predicted octanol–water partition coefficient (Wildman–Crippen LogP) is 3.65. The Bertz CT molecular complexity index is 1310. The first-order valence-electron chi connectivity index (χ1n) is 10.2. The third kappa shape index (κ3) is 3.85. The maximum Gasteiger partial charge on any atom is 0.262 e. The van der Waals surface area contributed by atoms with Crippen LogP contribution in [-0.4, -0.2) is 28.0 Å². The number of nitrogens with two attached hydrogens (primary N) is 1. The average Bonchev–Trinajstić information content (AvgIpc) is 3.17. The number of carbonyl (C=O) groups is 1. The summed E-state index contributed by atoms with van der Waals surface area (Å²) in [6.07, 6.45) is -0.350. The van der Waals surface area contributed by atoms with Gasteiger partial charge in [-0.3, -0.25) is 14.7 Å². The van der Waals surface area contributed by atoms with Crippen LogP contribution in [0.25, 0.3) is 11.0 Å². The lowest BCUT2D eigenvalue weighted by Gasteiger charge is -2.24. The van der Waals surface area contributed by atoms with Crippen LogP contribution in [0.5, 0.6) is 5.75 Å². The van der Waals surface area contributed by atoms with Crippen molar-refractivity contribution in [3.05, 3.63) is 83.9 Å². The summed E-state index contributed by atoms with van der Waals surface area (Å²) < 4.78 is 7.66. The molecule has 32 heavy (non-hydrogen) atoms. The lowest BCUT2D eigenvalue weighted by Crippen LogP contribution is -2.31. The van der Waals surface area contributed by atoms with Gasteiger partial charge in [-0.15, -0.1) is 0 Å². The topological polar surface area (TPSA) is 107 Å². The van der Waals surface area contributed by atoms with E-state index < -0.39 is 0 Å². The Morgan fingerprint density at radius 3 is 2.62 bits per heavy atom. The molecule has 3 aromatic carbocycles. The number of hydrogen-bond donors (Lipinski definition) is 3. The molecular weight excluding hydrogens is 404 g/mol. The highest BCUT2D eigenvalue weighted by Crippen LogP contribution is 2.32. The van der Waals surface area contributed by atoms with Gasteiger partial charge in [0.2, 0.25) is 5.95 Å². The van der Waals surface area contributed by atoms with Crippen LogP contribution < -0.4 is 21.1 Å². The van der Waals surface area contributed by atoms with Crippen molar-refractivity contribution in [3.63, 3.8) is 0 Å². The minimum atomic E-state index is -0.350. The third-order valence-corrected chi connectivity index (χ3v) is 5.23. The molecule has 0 fully saturated rings. The maximum atomic E-state index is 12.2. The number of aliphatic imine (C=N–C) groups is 1. The van der Waals surface area contributed by atoms with Crippen LogP contribution in [0.4, 0.5) is 11.6 Å². The van der Waals surface area contributed by atoms with Crippen molar-refractivity contribution in [1.82, 2.24) is 9.55 Å². The second-order valence-electron chi connectivity index (χ2n) is 7.58. The minimum absolute atomic E-state index is 0.0814. The number of imidazole rings is 1. The Morgan fingerprint density at radius 1 is 1.09 bits per heavy atom. The van der Waals surface area contributed by atoms with E-state index in [1.165, 1.54) is 0 Å². The molecule has 1 unspecified atom stereocenters. The van der Waals surface area contributed by atoms with Crippen LogP contribution in [0.1, 0.15) is 17.3 Å². The highest BCUT2D eigenvalue weighted by Gasteiger charge is 2.24. The predicted molar refractivity (Wildman–Crippen MR) is 125 cm³/mol. The van der Waals surface area contributed by atoms with E-state index in [0.29, 0.717) is 17.7 Å². The fourth-order valence-corrected chi connectivity index (χ4v) is 3.66. The highest BCUT2D eigenvalue weighted by atomic mass is 16.5. The van der Waals surface area contributed by atoms with Gasteiger partial charge in [-0.05, 0) is 48.9 Å². The van der Waals surface area contributed by atoms with E-state index in [2.05, 4.69) is 20.6 Å². The molecule has 4 N–H and O–H groups in total. The summed E-state index contributed by atoms with van der Waals surface area (Å²) in [6.45, 7) is 1.92. The summed E-state index contributed by atoms with van der Waals surface area (Å²) in [5.41, 5.74) is 10.6. The van der Waals surface area contributed by atoms with E-state index in [-0.39, 0.29) is 18.7 Å². The van der Waals surface area contributed by atoms with Crippen molar-refractivity contribution in [2.45, 2.75) is 13.1 Å². The SMILES string of the molecule is Cc1ccc(NC(=O)COc2ccc(C3N=C(N)Nc4nc5ccccc5n43)cc2)cc1. The maximum absolute atomic E-state index is 12.2. The first-order valence-corrected chi connectivity index (χ1v) is 10.2. The van der Waals surface area contributed by atoms with Gasteiger partial charge >= 0.3 is 0 Å². The molecule has 1 aromatic heterocycles. The Morgan fingerprint density at radius 2 is 1.84 bits per heavy atom. The fourth-order valence-electron chi connectivity index (χ4n) is 3.66. The van der Waals surface area contributed by atoms with Gasteiger partial charge in [0.25, 0.3) is 5.91 Å². The monoisotopic (exact) mass is 426 g/mol. The van der Waals surface area contributed by atoms with Crippen LogP contribution >= 0.6 is 0 Å². The molecule has 1 aliphatic rings. The Balaban J connectivity index is 1.30. The van der Waals surface area contributed by atoms with E-state index in [1.54, 1.807) is 0 Å². The summed E-state index contributed by atoms with van der Waals surface area (Å²) in [4.78, 5) is 21.3. The molecule has 1 atom stereocenters. The molecule has 0 saturated carbocycles. The third-order valence-electron chi connectivity index (χ3n) is 5.23. The van der Waals surface area contributed by atoms with E-state index >= 15 is 0 Å². The number of para-hydroxylation sites is 2. The molecule has 4 aromatic rings. The van der Waals surface area contributed by atoms with Crippen molar-refractivity contribution in [2.75, 3.05) is 17.2 Å². The quantitative estimate of drug-likeness (QED) is 0.452. The largest absolute Gasteiger partial charge is 0.484 e. The Kier molecular flexibility index (Phi) is 4.95. The van der Waals surface area contributed by atoms with Crippen LogP contribution in [0.15, 0.2) is 77.8 Å². The molecule has 5 rings (SSSR count). The smallest absolute Gasteiger partial charge is 0.262 e. The Labute approximate surface area is 184 Å². The van der Waals surface area contributed by atoms with Gasteiger partial charge in [0.15, 0.2) is 18.7 Å². The van der Waals surface area contributed by atoms with Crippen molar-refractivity contribution in [3.8, 4) is 5.75 Å². The number of amides is 1. The van der Waals surface area contributed by atoms with Gasteiger partial charge in [0.05, 0.1) is 11.0 Å². The van der Waals surface area contributed by atoms with Crippen LogP contribution in [0.2, 0.25) is 0 Å². The zero-order chi connectivity index (χ0) is 22.1. The molecule has 0 aliphatic carbocycles. The van der Waals surface area contributed by atoms with Crippen LogP contribution in [0.3, 0.4) is 0 Å². The molecule has 2 heterocycles.